The maximum atomic E-state index is 5.13. The van der Waals surface area contributed by atoms with Gasteiger partial charge < -0.3 is 15.4 Å². The van der Waals surface area contributed by atoms with Crippen molar-refractivity contribution >= 4 is 11.6 Å². The van der Waals surface area contributed by atoms with Crippen LogP contribution in [-0.2, 0) is 11.3 Å². The van der Waals surface area contributed by atoms with E-state index in [1.807, 2.05) is 6.07 Å². The molecule has 1 aliphatic rings. The van der Waals surface area contributed by atoms with Gasteiger partial charge in [0.05, 0.1) is 0 Å². The molecule has 1 atom stereocenters. The maximum absolute atomic E-state index is 5.13. The standard InChI is InChI=1S/C15H27N5O/c1-5-16-13-8-14(19-15(18-13)10-21-4)17-9-11(2)20(3)12-6-7-12/h8,11-12H,5-7,9-10H2,1-4H3,(H2,16,17,18,19). The van der Waals surface area contributed by atoms with Crippen LogP contribution in [0, 0.1) is 0 Å². The molecule has 0 radical (unpaired) electrons. The van der Waals surface area contributed by atoms with E-state index >= 15 is 0 Å². The molecule has 1 aromatic rings. The van der Waals surface area contributed by atoms with E-state index in [1.165, 1.54) is 12.8 Å². The van der Waals surface area contributed by atoms with E-state index < -0.39 is 0 Å². The van der Waals surface area contributed by atoms with E-state index in [2.05, 4.69) is 46.4 Å². The van der Waals surface area contributed by atoms with Crippen molar-refractivity contribution in [2.75, 3.05) is 37.9 Å². The van der Waals surface area contributed by atoms with E-state index in [1.54, 1.807) is 7.11 Å². The molecule has 0 amide bonds. The van der Waals surface area contributed by atoms with Crippen molar-refractivity contribution in [3.8, 4) is 0 Å². The Bertz CT molecular complexity index is 425. The lowest BCUT2D eigenvalue weighted by molar-refractivity contribution is 0.178. The fourth-order valence-corrected chi connectivity index (χ4v) is 2.29. The Labute approximate surface area is 127 Å². The van der Waals surface area contributed by atoms with Crippen molar-refractivity contribution < 1.29 is 4.74 Å². The second kappa shape index (κ2) is 7.56. The van der Waals surface area contributed by atoms with Crippen LogP contribution in [0.2, 0.25) is 0 Å². The lowest BCUT2D eigenvalue weighted by atomic mass is 10.3. The summed E-state index contributed by atoms with van der Waals surface area (Å²) in [6, 6.07) is 3.21. The minimum atomic E-state index is 0.422. The second-order valence-electron chi connectivity index (χ2n) is 5.64. The summed E-state index contributed by atoms with van der Waals surface area (Å²) in [7, 11) is 3.85. The number of anilines is 2. The van der Waals surface area contributed by atoms with Crippen LogP contribution >= 0.6 is 0 Å². The first-order valence-electron chi connectivity index (χ1n) is 7.70. The normalized spacial score (nSPS) is 16.0. The molecule has 0 aromatic carbocycles. The number of nitrogens with one attached hydrogen (secondary N) is 2. The summed E-state index contributed by atoms with van der Waals surface area (Å²) in [4.78, 5) is 11.3. The van der Waals surface area contributed by atoms with Crippen molar-refractivity contribution in [1.29, 1.82) is 0 Å². The topological polar surface area (TPSA) is 62.3 Å². The first-order chi connectivity index (χ1) is 10.1. The van der Waals surface area contributed by atoms with Crippen molar-refractivity contribution in [1.82, 2.24) is 14.9 Å². The lowest BCUT2D eigenvalue weighted by Gasteiger charge is -2.25. The van der Waals surface area contributed by atoms with Crippen LogP contribution in [0.25, 0.3) is 0 Å². The maximum Gasteiger partial charge on any atom is 0.158 e. The van der Waals surface area contributed by atoms with Crippen LogP contribution < -0.4 is 10.6 Å². The van der Waals surface area contributed by atoms with Gasteiger partial charge in [0.1, 0.15) is 18.2 Å². The van der Waals surface area contributed by atoms with Gasteiger partial charge in [0.15, 0.2) is 5.82 Å². The van der Waals surface area contributed by atoms with Crippen molar-refractivity contribution in [2.24, 2.45) is 0 Å². The van der Waals surface area contributed by atoms with Gasteiger partial charge in [-0.3, -0.25) is 4.90 Å². The molecule has 6 heteroatoms. The molecule has 2 N–H and O–H groups in total. The predicted molar refractivity (Wildman–Crippen MR) is 85.6 cm³/mol. The summed E-state index contributed by atoms with van der Waals surface area (Å²) in [5, 5.41) is 6.65. The fraction of sp³-hybridized carbons (Fsp3) is 0.733. The number of likely N-dealkylation sites (N-methyl/N-ethyl adjacent to an activating group) is 1. The summed E-state index contributed by atoms with van der Waals surface area (Å²) < 4.78 is 5.13. The summed E-state index contributed by atoms with van der Waals surface area (Å²) >= 11 is 0. The third kappa shape index (κ3) is 4.82. The zero-order valence-electron chi connectivity index (χ0n) is 13.5. The third-order valence-electron chi connectivity index (χ3n) is 3.80. The highest BCUT2D eigenvalue weighted by molar-refractivity contribution is 5.47. The Kier molecular flexibility index (Phi) is 5.76. The minimum Gasteiger partial charge on any atom is -0.377 e. The van der Waals surface area contributed by atoms with Crippen LogP contribution in [0.15, 0.2) is 6.07 Å². The van der Waals surface area contributed by atoms with Gasteiger partial charge in [-0.15, -0.1) is 0 Å². The highest BCUT2D eigenvalue weighted by Crippen LogP contribution is 2.27. The molecule has 0 aliphatic heterocycles. The smallest absolute Gasteiger partial charge is 0.158 e. The van der Waals surface area contributed by atoms with Crippen LogP contribution in [0.4, 0.5) is 11.6 Å². The molecule has 1 saturated carbocycles. The molecule has 0 spiro atoms. The number of methoxy groups -OCH3 is 1. The van der Waals surface area contributed by atoms with Gasteiger partial charge >= 0.3 is 0 Å². The Morgan fingerprint density at radius 3 is 2.57 bits per heavy atom. The number of rotatable bonds is 9. The Morgan fingerprint density at radius 1 is 1.33 bits per heavy atom. The minimum absolute atomic E-state index is 0.422. The molecule has 118 valence electrons. The number of nitrogens with zero attached hydrogens (tertiary/aromatic N) is 3. The summed E-state index contributed by atoms with van der Waals surface area (Å²) in [5.74, 6) is 2.39. The van der Waals surface area contributed by atoms with Gasteiger partial charge in [0, 0.05) is 38.3 Å². The summed E-state index contributed by atoms with van der Waals surface area (Å²) in [6.07, 6.45) is 2.66. The highest BCUT2D eigenvalue weighted by Gasteiger charge is 2.28. The van der Waals surface area contributed by atoms with E-state index in [4.69, 9.17) is 4.74 Å². The van der Waals surface area contributed by atoms with E-state index in [0.29, 0.717) is 18.5 Å². The molecule has 1 aliphatic carbocycles. The summed E-state index contributed by atoms with van der Waals surface area (Å²) in [5.41, 5.74) is 0. The van der Waals surface area contributed by atoms with E-state index in [0.717, 1.165) is 30.8 Å². The molecular weight excluding hydrogens is 266 g/mol. The molecule has 1 fully saturated rings. The first kappa shape index (κ1) is 16.0. The van der Waals surface area contributed by atoms with Gasteiger partial charge in [-0.25, -0.2) is 9.97 Å². The first-order valence-corrected chi connectivity index (χ1v) is 7.70. The number of aromatic nitrogens is 2. The van der Waals surface area contributed by atoms with Crippen molar-refractivity contribution in [3.05, 3.63) is 11.9 Å². The Balaban J connectivity index is 1.96. The molecule has 0 saturated heterocycles. The SMILES string of the molecule is CCNc1cc(NCC(C)N(C)C2CC2)nc(COC)n1. The fourth-order valence-electron chi connectivity index (χ4n) is 2.29. The monoisotopic (exact) mass is 293 g/mol. The van der Waals surface area contributed by atoms with Crippen LogP contribution in [0.1, 0.15) is 32.5 Å². The third-order valence-corrected chi connectivity index (χ3v) is 3.80. The second-order valence-corrected chi connectivity index (χ2v) is 5.64. The number of hydrogen-bond donors (Lipinski definition) is 2. The zero-order chi connectivity index (χ0) is 15.2. The molecule has 1 unspecified atom stereocenters. The van der Waals surface area contributed by atoms with Crippen LogP contribution in [-0.4, -0.2) is 54.2 Å². The lowest BCUT2D eigenvalue weighted by Crippen LogP contribution is -2.36. The molecule has 0 bridgehead atoms. The number of ether oxygens (including phenoxy) is 1. The largest absolute Gasteiger partial charge is 0.377 e. The molecule has 2 rings (SSSR count). The van der Waals surface area contributed by atoms with Gasteiger partial charge in [-0.05, 0) is 33.7 Å². The molecule has 1 heterocycles. The van der Waals surface area contributed by atoms with Gasteiger partial charge in [-0.2, -0.15) is 0 Å². The quantitative estimate of drug-likeness (QED) is 0.725. The Hall–Kier alpha value is -1.40. The molecule has 21 heavy (non-hydrogen) atoms. The molecular formula is C15H27N5O. The Morgan fingerprint density at radius 2 is 2.00 bits per heavy atom. The van der Waals surface area contributed by atoms with Crippen LogP contribution in [0.3, 0.4) is 0 Å². The van der Waals surface area contributed by atoms with Gasteiger partial charge in [0.2, 0.25) is 0 Å². The van der Waals surface area contributed by atoms with Gasteiger partial charge in [-0.1, -0.05) is 0 Å². The molecule has 1 aromatic heterocycles. The number of hydrogen-bond acceptors (Lipinski definition) is 6. The van der Waals surface area contributed by atoms with Crippen molar-refractivity contribution in [2.45, 2.75) is 45.4 Å². The zero-order valence-corrected chi connectivity index (χ0v) is 13.5. The average Bonchev–Trinajstić information content (AvgIpc) is 3.29. The van der Waals surface area contributed by atoms with E-state index in [9.17, 15) is 0 Å². The van der Waals surface area contributed by atoms with Crippen molar-refractivity contribution in [3.63, 3.8) is 0 Å². The van der Waals surface area contributed by atoms with Crippen LogP contribution in [0.5, 0.6) is 0 Å². The highest BCUT2D eigenvalue weighted by atomic mass is 16.5. The summed E-state index contributed by atoms with van der Waals surface area (Å²) in [6.45, 7) is 6.43. The predicted octanol–water partition coefficient (Wildman–Crippen LogP) is 1.95. The van der Waals surface area contributed by atoms with E-state index in [-0.39, 0.29) is 0 Å². The molecule has 6 nitrogen and oxygen atoms in total. The van der Waals surface area contributed by atoms with Gasteiger partial charge in [0.25, 0.3) is 0 Å². The average molecular weight is 293 g/mol.